The van der Waals surface area contributed by atoms with E-state index < -0.39 is 0 Å². The topological polar surface area (TPSA) is 4.93 Å². The van der Waals surface area contributed by atoms with Crippen molar-refractivity contribution in [2.45, 2.75) is 0 Å². The predicted octanol–water partition coefficient (Wildman–Crippen LogP) is 12.9. The molecule has 8 aromatic rings. The van der Waals surface area contributed by atoms with E-state index in [1.807, 2.05) is 0 Å². The lowest BCUT2D eigenvalue weighted by molar-refractivity contribution is 1.18. The first-order valence-electron chi connectivity index (χ1n) is 16.0. The highest BCUT2D eigenvalue weighted by molar-refractivity contribution is 6.40. The quantitative estimate of drug-likeness (QED) is 0.124. The molecule has 0 aliphatic carbocycles. The molecule has 0 N–H and O–H groups in total. The standard InChI is InChI=1S/C44H31N.CH2Cl2/c1-4-14-34(15-5-1)43(35-16-6-2-7-17-35)44(36-18-8-3-9-19-36)37-26-24-32(25-27-37)33-28-30-38(31-29-33)45-41-22-12-10-20-39(41)40-21-11-13-23-42(40)45;2-1-3/h1-31H;1H2. The van der Waals surface area contributed by atoms with Crippen molar-refractivity contribution in [3.05, 3.63) is 210 Å². The van der Waals surface area contributed by atoms with Gasteiger partial charge < -0.3 is 4.57 Å². The van der Waals surface area contributed by atoms with Crippen LogP contribution in [-0.2, 0) is 0 Å². The first-order chi connectivity index (χ1) is 23.8. The Balaban J connectivity index is 0.00000117. The normalized spacial score (nSPS) is 10.8. The molecule has 48 heavy (non-hydrogen) atoms. The molecule has 7 aromatic carbocycles. The number of halogens is 2. The van der Waals surface area contributed by atoms with E-state index in [0.717, 1.165) is 5.69 Å². The number of benzene rings is 7. The molecule has 0 bridgehead atoms. The van der Waals surface area contributed by atoms with Gasteiger partial charge >= 0.3 is 0 Å². The Bertz CT molecular complexity index is 2190. The zero-order chi connectivity index (χ0) is 32.7. The number of alkyl halides is 2. The zero-order valence-electron chi connectivity index (χ0n) is 26.3. The number of nitrogens with zero attached hydrogens (tertiary/aromatic N) is 1. The van der Waals surface area contributed by atoms with Gasteiger partial charge in [-0.1, -0.05) is 164 Å². The van der Waals surface area contributed by atoms with Crippen molar-refractivity contribution in [1.29, 1.82) is 0 Å². The van der Waals surface area contributed by atoms with Gasteiger partial charge in [0.1, 0.15) is 0 Å². The van der Waals surface area contributed by atoms with Gasteiger partial charge in [0, 0.05) is 16.5 Å². The van der Waals surface area contributed by atoms with Gasteiger partial charge in [-0.3, -0.25) is 0 Å². The molecular weight excluding hydrogens is 625 g/mol. The number of hydrogen-bond acceptors (Lipinski definition) is 0. The van der Waals surface area contributed by atoms with Gasteiger partial charge in [-0.15, -0.1) is 23.2 Å². The molecule has 232 valence electrons. The molecule has 3 heteroatoms. The summed E-state index contributed by atoms with van der Waals surface area (Å²) in [5.74, 6) is 0. The highest BCUT2D eigenvalue weighted by Gasteiger charge is 2.16. The Labute approximate surface area is 292 Å². The molecule has 0 aliphatic heterocycles. The van der Waals surface area contributed by atoms with Crippen LogP contribution in [0, 0.1) is 0 Å². The molecule has 1 heterocycles. The van der Waals surface area contributed by atoms with Crippen LogP contribution in [0.25, 0.3) is 49.8 Å². The van der Waals surface area contributed by atoms with Crippen LogP contribution in [0.5, 0.6) is 0 Å². The molecule has 0 spiro atoms. The van der Waals surface area contributed by atoms with Crippen LogP contribution in [-0.4, -0.2) is 9.91 Å². The molecule has 0 amide bonds. The van der Waals surface area contributed by atoms with E-state index in [9.17, 15) is 0 Å². The van der Waals surface area contributed by atoms with Gasteiger partial charge in [0.05, 0.1) is 16.4 Å². The van der Waals surface area contributed by atoms with Crippen molar-refractivity contribution >= 4 is 56.2 Å². The van der Waals surface area contributed by atoms with E-state index in [2.05, 4.69) is 193 Å². The van der Waals surface area contributed by atoms with E-state index in [-0.39, 0.29) is 5.34 Å². The Morgan fingerprint density at radius 3 is 1.06 bits per heavy atom. The maximum atomic E-state index is 4.76. The van der Waals surface area contributed by atoms with Crippen molar-refractivity contribution in [2.24, 2.45) is 0 Å². The third kappa shape index (κ3) is 6.31. The summed E-state index contributed by atoms with van der Waals surface area (Å²) in [6.45, 7) is 0. The highest BCUT2D eigenvalue weighted by Crippen LogP contribution is 2.38. The molecule has 0 unspecified atom stereocenters. The minimum absolute atomic E-state index is 0.194. The second-order valence-corrected chi connectivity index (χ2v) is 12.3. The Hall–Kier alpha value is -5.34. The van der Waals surface area contributed by atoms with E-state index in [1.54, 1.807) is 0 Å². The molecule has 0 aliphatic rings. The van der Waals surface area contributed by atoms with Gasteiger partial charge in [-0.2, -0.15) is 0 Å². The molecule has 0 saturated heterocycles. The second-order valence-electron chi connectivity index (χ2n) is 11.4. The average Bonchev–Trinajstić information content (AvgIpc) is 3.50. The number of rotatable bonds is 6. The second kappa shape index (κ2) is 14.6. The first kappa shape index (κ1) is 31.3. The van der Waals surface area contributed by atoms with Gasteiger partial charge in [-0.25, -0.2) is 0 Å². The predicted molar refractivity (Wildman–Crippen MR) is 207 cm³/mol. The third-order valence-corrected chi connectivity index (χ3v) is 8.65. The lowest BCUT2D eigenvalue weighted by Gasteiger charge is -2.18. The summed E-state index contributed by atoms with van der Waals surface area (Å²) < 4.78 is 2.36. The van der Waals surface area contributed by atoms with Gasteiger partial charge in [0.2, 0.25) is 0 Å². The summed E-state index contributed by atoms with van der Waals surface area (Å²) in [6, 6.07) is 67.5. The molecule has 0 saturated carbocycles. The Kier molecular flexibility index (Phi) is 9.52. The van der Waals surface area contributed by atoms with E-state index in [4.69, 9.17) is 23.2 Å². The summed E-state index contributed by atoms with van der Waals surface area (Å²) >= 11 is 9.53. The Morgan fingerprint density at radius 2 is 0.667 bits per heavy atom. The van der Waals surface area contributed by atoms with Crippen LogP contribution < -0.4 is 0 Å². The van der Waals surface area contributed by atoms with Crippen LogP contribution in [0.3, 0.4) is 0 Å². The number of aromatic nitrogens is 1. The molecular formula is C45H33Cl2N. The van der Waals surface area contributed by atoms with E-state index in [1.165, 1.54) is 66.3 Å². The Morgan fingerprint density at radius 1 is 0.354 bits per heavy atom. The average molecular weight is 659 g/mol. The fourth-order valence-corrected chi connectivity index (χ4v) is 6.56. The van der Waals surface area contributed by atoms with Crippen molar-refractivity contribution in [1.82, 2.24) is 4.57 Å². The van der Waals surface area contributed by atoms with E-state index in [0.29, 0.717) is 0 Å². The van der Waals surface area contributed by atoms with Crippen LogP contribution in [0.1, 0.15) is 22.3 Å². The van der Waals surface area contributed by atoms with Crippen molar-refractivity contribution in [2.75, 3.05) is 5.34 Å². The molecule has 1 aromatic heterocycles. The van der Waals surface area contributed by atoms with Crippen LogP contribution >= 0.6 is 23.2 Å². The number of para-hydroxylation sites is 2. The summed E-state index contributed by atoms with van der Waals surface area (Å²) in [6.07, 6.45) is 0. The summed E-state index contributed by atoms with van der Waals surface area (Å²) in [5.41, 5.74) is 13.2. The maximum Gasteiger partial charge on any atom is 0.0967 e. The largest absolute Gasteiger partial charge is 0.309 e. The summed E-state index contributed by atoms with van der Waals surface area (Å²) in [4.78, 5) is 0. The maximum absolute atomic E-state index is 4.76. The first-order valence-corrected chi connectivity index (χ1v) is 17.1. The van der Waals surface area contributed by atoms with Gasteiger partial charge in [0.15, 0.2) is 0 Å². The lowest BCUT2D eigenvalue weighted by atomic mass is 9.85. The van der Waals surface area contributed by atoms with Crippen molar-refractivity contribution in [3.63, 3.8) is 0 Å². The van der Waals surface area contributed by atoms with Gasteiger partial charge in [0.25, 0.3) is 0 Å². The number of fused-ring (bicyclic) bond motifs is 3. The fraction of sp³-hybridized carbons (Fsp3) is 0.0222. The number of hydrogen-bond donors (Lipinski definition) is 0. The zero-order valence-corrected chi connectivity index (χ0v) is 27.8. The lowest BCUT2D eigenvalue weighted by Crippen LogP contribution is -1.97. The molecule has 0 fully saturated rings. The highest BCUT2D eigenvalue weighted by atomic mass is 35.5. The monoisotopic (exact) mass is 657 g/mol. The summed E-state index contributed by atoms with van der Waals surface area (Å²) in [5, 5.41) is 2.75. The van der Waals surface area contributed by atoms with E-state index >= 15 is 0 Å². The van der Waals surface area contributed by atoms with Gasteiger partial charge in [-0.05, 0) is 68.8 Å². The van der Waals surface area contributed by atoms with Crippen LogP contribution in [0.2, 0.25) is 0 Å². The minimum Gasteiger partial charge on any atom is -0.309 e. The van der Waals surface area contributed by atoms with Crippen LogP contribution in [0.4, 0.5) is 0 Å². The van der Waals surface area contributed by atoms with Crippen LogP contribution in [0.15, 0.2) is 188 Å². The molecule has 8 rings (SSSR count). The summed E-state index contributed by atoms with van der Waals surface area (Å²) in [7, 11) is 0. The van der Waals surface area contributed by atoms with Crippen molar-refractivity contribution < 1.29 is 0 Å². The SMILES string of the molecule is ClCCl.c1ccc(C(=C(c2ccccc2)c2ccc(-c3ccc(-n4c5ccccc5c5ccccc54)cc3)cc2)c2ccccc2)cc1. The third-order valence-electron chi connectivity index (χ3n) is 8.65. The van der Waals surface area contributed by atoms with Crippen molar-refractivity contribution in [3.8, 4) is 16.8 Å². The fourth-order valence-electron chi connectivity index (χ4n) is 6.56. The minimum atomic E-state index is 0.194. The molecule has 0 radical (unpaired) electrons. The molecule has 1 nitrogen and oxygen atoms in total. The smallest absolute Gasteiger partial charge is 0.0967 e. The molecule has 0 atom stereocenters.